The van der Waals surface area contributed by atoms with E-state index in [9.17, 15) is 0 Å². The molecule has 1 heterocycles. The standard InChI is InChI=1S/C15H17Cl2NO2/c1-3-18-8-15-10(2)6-12(20-15)9-19-14-5-4-11(16)7-13(14)17/h4-7,18H,3,8-9H2,1-2H3. The lowest BCUT2D eigenvalue weighted by atomic mass is 10.2. The van der Waals surface area contributed by atoms with Crippen molar-refractivity contribution >= 4 is 23.2 Å². The lowest BCUT2D eigenvalue weighted by Crippen LogP contribution is -2.11. The second-order valence-corrected chi connectivity index (χ2v) is 5.31. The van der Waals surface area contributed by atoms with Gasteiger partial charge in [-0.2, -0.15) is 0 Å². The summed E-state index contributed by atoms with van der Waals surface area (Å²) in [6.07, 6.45) is 0. The highest BCUT2D eigenvalue weighted by Gasteiger charge is 2.09. The van der Waals surface area contributed by atoms with Crippen LogP contribution >= 0.6 is 23.2 Å². The molecule has 0 atom stereocenters. The second-order valence-electron chi connectivity index (χ2n) is 4.46. The van der Waals surface area contributed by atoms with Crippen molar-refractivity contribution in [2.75, 3.05) is 6.54 Å². The summed E-state index contributed by atoms with van der Waals surface area (Å²) in [5.41, 5.74) is 1.12. The Morgan fingerprint density at radius 3 is 2.75 bits per heavy atom. The van der Waals surface area contributed by atoms with E-state index in [1.165, 1.54) is 0 Å². The van der Waals surface area contributed by atoms with Crippen LogP contribution in [0.3, 0.4) is 0 Å². The van der Waals surface area contributed by atoms with E-state index in [2.05, 4.69) is 12.2 Å². The normalized spacial score (nSPS) is 10.8. The number of ether oxygens (including phenoxy) is 1. The largest absolute Gasteiger partial charge is 0.484 e. The number of furan rings is 1. The van der Waals surface area contributed by atoms with Crippen LogP contribution in [0.5, 0.6) is 5.75 Å². The summed E-state index contributed by atoms with van der Waals surface area (Å²) < 4.78 is 11.4. The molecule has 3 nitrogen and oxygen atoms in total. The minimum atomic E-state index is 0.342. The zero-order chi connectivity index (χ0) is 14.5. The summed E-state index contributed by atoms with van der Waals surface area (Å²) >= 11 is 11.9. The zero-order valence-electron chi connectivity index (χ0n) is 11.5. The van der Waals surface area contributed by atoms with Crippen LogP contribution in [0.15, 0.2) is 28.7 Å². The molecule has 20 heavy (non-hydrogen) atoms. The third-order valence-electron chi connectivity index (χ3n) is 2.87. The van der Waals surface area contributed by atoms with Crippen molar-refractivity contribution in [2.24, 2.45) is 0 Å². The van der Waals surface area contributed by atoms with E-state index < -0.39 is 0 Å². The molecule has 0 saturated carbocycles. The number of benzene rings is 1. The quantitative estimate of drug-likeness (QED) is 0.847. The van der Waals surface area contributed by atoms with Crippen LogP contribution < -0.4 is 10.1 Å². The lowest BCUT2D eigenvalue weighted by molar-refractivity contribution is 0.265. The van der Waals surface area contributed by atoms with E-state index in [0.717, 1.165) is 30.2 Å². The predicted octanol–water partition coefficient (Wildman–Crippen LogP) is 4.58. The fraction of sp³-hybridized carbons (Fsp3) is 0.333. The fourth-order valence-corrected chi connectivity index (χ4v) is 2.28. The molecule has 1 N–H and O–H groups in total. The molecule has 2 aromatic rings. The van der Waals surface area contributed by atoms with Crippen LogP contribution in [-0.4, -0.2) is 6.54 Å². The van der Waals surface area contributed by atoms with E-state index in [1.807, 2.05) is 13.0 Å². The maximum Gasteiger partial charge on any atom is 0.146 e. The fourth-order valence-electron chi connectivity index (χ4n) is 1.82. The van der Waals surface area contributed by atoms with Gasteiger partial charge in [0.25, 0.3) is 0 Å². The van der Waals surface area contributed by atoms with Gasteiger partial charge in [0, 0.05) is 5.02 Å². The zero-order valence-corrected chi connectivity index (χ0v) is 13.0. The summed E-state index contributed by atoms with van der Waals surface area (Å²) in [6, 6.07) is 7.13. The molecular formula is C15H17Cl2NO2. The third-order valence-corrected chi connectivity index (χ3v) is 3.40. The third kappa shape index (κ3) is 3.92. The van der Waals surface area contributed by atoms with Gasteiger partial charge in [-0.3, -0.25) is 0 Å². The Hall–Kier alpha value is -1.16. The lowest BCUT2D eigenvalue weighted by Gasteiger charge is -2.06. The van der Waals surface area contributed by atoms with Gasteiger partial charge in [-0.15, -0.1) is 0 Å². The second kappa shape index (κ2) is 7.02. The number of halogens is 2. The van der Waals surface area contributed by atoms with Gasteiger partial charge in [0.05, 0.1) is 11.6 Å². The average molecular weight is 314 g/mol. The molecule has 0 amide bonds. The van der Waals surface area contributed by atoms with Crippen LogP contribution in [0.25, 0.3) is 0 Å². The van der Waals surface area contributed by atoms with Crippen molar-refractivity contribution in [1.29, 1.82) is 0 Å². The number of hydrogen-bond donors (Lipinski definition) is 1. The molecule has 2 rings (SSSR count). The van der Waals surface area contributed by atoms with Gasteiger partial charge in [0.1, 0.15) is 23.9 Å². The van der Waals surface area contributed by atoms with E-state index in [1.54, 1.807) is 18.2 Å². The van der Waals surface area contributed by atoms with Gasteiger partial charge < -0.3 is 14.5 Å². The number of nitrogens with one attached hydrogen (secondary N) is 1. The van der Waals surface area contributed by atoms with Gasteiger partial charge >= 0.3 is 0 Å². The first kappa shape index (κ1) is 15.2. The Morgan fingerprint density at radius 2 is 2.05 bits per heavy atom. The molecule has 1 aromatic carbocycles. The highest BCUT2D eigenvalue weighted by Crippen LogP contribution is 2.28. The first-order chi connectivity index (χ1) is 9.60. The SMILES string of the molecule is CCNCc1oc(COc2ccc(Cl)cc2Cl)cc1C. The van der Waals surface area contributed by atoms with Crippen molar-refractivity contribution in [1.82, 2.24) is 5.32 Å². The van der Waals surface area contributed by atoms with Gasteiger partial charge in [-0.25, -0.2) is 0 Å². The molecular weight excluding hydrogens is 297 g/mol. The Bertz CT molecular complexity index is 581. The van der Waals surface area contributed by atoms with Crippen LogP contribution in [0.4, 0.5) is 0 Å². The number of hydrogen-bond acceptors (Lipinski definition) is 3. The summed E-state index contributed by atoms with van der Waals surface area (Å²) in [4.78, 5) is 0. The van der Waals surface area contributed by atoms with Crippen LogP contribution in [0, 0.1) is 6.92 Å². The van der Waals surface area contributed by atoms with Gasteiger partial charge in [0.15, 0.2) is 0 Å². The average Bonchev–Trinajstić information content (AvgIpc) is 2.76. The highest BCUT2D eigenvalue weighted by molar-refractivity contribution is 6.35. The topological polar surface area (TPSA) is 34.4 Å². The van der Waals surface area contributed by atoms with E-state index >= 15 is 0 Å². The molecule has 108 valence electrons. The Morgan fingerprint density at radius 1 is 1.25 bits per heavy atom. The van der Waals surface area contributed by atoms with E-state index in [0.29, 0.717) is 22.4 Å². The molecule has 1 aromatic heterocycles. The molecule has 5 heteroatoms. The van der Waals surface area contributed by atoms with Crippen molar-refractivity contribution in [2.45, 2.75) is 27.0 Å². The summed E-state index contributed by atoms with van der Waals surface area (Å²) in [5, 5.41) is 4.32. The first-order valence-electron chi connectivity index (χ1n) is 6.47. The molecule has 0 fully saturated rings. The maximum absolute atomic E-state index is 6.05. The van der Waals surface area contributed by atoms with Gasteiger partial charge in [-0.1, -0.05) is 30.1 Å². The minimum absolute atomic E-state index is 0.342. The monoisotopic (exact) mass is 313 g/mol. The first-order valence-corrected chi connectivity index (χ1v) is 7.22. The summed E-state index contributed by atoms with van der Waals surface area (Å²) in [6.45, 7) is 6.06. The van der Waals surface area contributed by atoms with Crippen LogP contribution in [0.1, 0.15) is 24.0 Å². The number of aryl methyl sites for hydroxylation is 1. The maximum atomic E-state index is 6.05. The Balaban J connectivity index is 2.00. The molecule has 0 radical (unpaired) electrons. The highest BCUT2D eigenvalue weighted by atomic mass is 35.5. The van der Waals surface area contributed by atoms with Crippen molar-refractivity contribution in [3.05, 3.63) is 51.4 Å². The van der Waals surface area contributed by atoms with Crippen molar-refractivity contribution in [3.63, 3.8) is 0 Å². The van der Waals surface area contributed by atoms with E-state index in [4.69, 9.17) is 32.4 Å². The Kier molecular flexibility index (Phi) is 5.35. The van der Waals surface area contributed by atoms with Crippen molar-refractivity contribution in [3.8, 4) is 5.75 Å². The van der Waals surface area contributed by atoms with Crippen LogP contribution in [-0.2, 0) is 13.2 Å². The molecule has 0 aliphatic rings. The summed E-state index contributed by atoms with van der Waals surface area (Å²) in [7, 11) is 0. The molecule has 0 spiro atoms. The molecule has 0 unspecified atom stereocenters. The Labute approximate surface area is 128 Å². The van der Waals surface area contributed by atoms with Gasteiger partial charge in [0.2, 0.25) is 0 Å². The van der Waals surface area contributed by atoms with Gasteiger partial charge in [-0.05, 0) is 43.3 Å². The predicted molar refractivity (Wildman–Crippen MR) is 81.6 cm³/mol. The number of rotatable bonds is 6. The minimum Gasteiger partial charge on any atom is -0.484 e. The van der Waals surface area contributed by atoms with Crippen molar-refractivity contribution < 1.29 is 9.15 Å². The molecule has 0 saturated heterocycles. The summed E-state index contributed by atoms with van der Waals surface area (Å²) in [5.74, 6) is 2.31. The molecule has 0 bridgehead atoms. The molecule has 0 aliphatic carbocycles. The molecule has 0 aliphatic heterocycles. The van der Waals surface area contributed by atoms with E-state index in [-0.39, 0.29) is 0 Å². The smallest absolute Gasteiger partial charge is 0.146 e. The van der Waals surface area contributed by atoms with Crippen LogP contribution in [0.2, 0.25) is 10.0 Å².